The molecule has 0 nitrogen and oxygen atoms in total. The van der Waals surface area contributed by atoms with Gasteiger partial charge in [-0.05, 0) is 202 Å². The van der Waals surface area contributed by atoms with Gasteiger partial charge in [0.05, 0.1) is 0 Å². The Morgan fingerprint density at radius 1 is 0.553 bits per heavy atom. The van der Waals surface area contributed by atoms with E-state index in [0.717, 1.165) is 71.0 Å². The predicted octanol–water partition coefficient (Wildman–Crippen LogP) is 13.9. The molecule has 6 saturated carbocycles. The minimum atomic E-state index is 0.531. The first kappa shape index (κ1) is 33.6. The van der Waals surface area contributed by atoms with Gasteiger partial charge in [-0.3, -0.25) is 0 Å². The van der Waals surface area contributed by atoms with E-state index in [2.05, 4.69) is 67.5 Å². The molecule has 6 fully saturated rings. The van der Waals surface area contributed by atoms with E-state index in [-0.39, 0.29) is 0 Å². The number of rotatable bonds is 6. The number of allylic oxidation sites excluding steroid dienone is 4. The average molecular weight is 641 g/mol. The monoisotopic (exact) mass is 641 g/mol. The van der Waals surface area contributed by atoms with Crippen LogP contribution < -0.4 is 0 Å². The SMILES string of the molecule is CC[C@H]1CCC2(C)C(=CC[C@@H]3C2CCC2(C)C([C@H](C)C[C@@H](C)C4CC[C@H]5[C@@H]6CC=C7C[C@@H](CC)CCC7(C)C6CCC45C)CC[C@@H]32)C1. The Labute approximate surface area is 292 Å². The van der Waals surface area contributed by atoms with Crippen molar-refractivity contribution in [2.45, 2.75) is 177 Å². The summed E-state index contributed by atoms with van der Waals surface area (Å²) in [6.45, 7) is 21.4. The van der Waals surface area contributed by atoms with E-state index >= 15 is 0 Å². The second kappa shape index (κ2) is 12.0. The molecule has 264 valence electrons. The first-order valence-electron chi connectivity index (χ1n) is 21.8. The van der Waals surface area contributed by atoms with Crippen molar-refractivity contribution in [3.05, 3.63) is 23.3 Å². The Morgan fingerprint density at radius 2 is 0.979 bits per heavy atom. The van der Waals surface area contributed by atoms with Gasteiger partial charge in [-0.2, -0.15) is 0 Å². The van der Waals surface area contributed by atoms with Gasteiger partial charge in [-0.15, -0.1) is 0 Å². The van der Waals surface area contributed by atoms with Gasteiger partial charge in [0.2, 0.25) is 0 Å². The van der Waals surface area contributed by atoms with Crippen LogP contribution in [0.15, 0.2) is 23.3 Å². The topological polar surface area (TPSA) is 0 Å². The average Bonchev–Trinajstić information content (AvgIpc) is 3.61. The molecular formula is C47H76. The molecule has 8 rings (SSSR count). The Morgan fingerprint density at radius 3 is 1.38 bits per heavy atom. The van der Waals surface area contributed by atoms with Crippen molar-refractivity contribution < 1.29 is 0 Å². The van der Waals surface area contributed by atoms with Crippen molar-refractivity contribution in [2.75, 3.05) is 0 Å². The minimum Gasteiger partial charge on any atom is -0.0845 e. The zero-order valence-corrected chi connectivity index (χ0v) is 32.5. The van der Waals surface area contributed by atoms with Gasteiger partial charge in [-0.1, -0.05) is 91.5 Å². The van der Waals surface area contributed by atoms with Crippen LogP contribution in [0.1, 0.15) is 177 Å². The summed E-state index contributed by atoms with van der Waals surface area (Å²) in [4.78, 5) is 0. The molecule has 0 radical (unpaired) electrons. The van der Waals surface area contributed by atoms with Crippen LogP contribution in [0, 0.1) is 92.7 Å². The Balaban J connectivity index is 0.940. The van der Waals surface area contributed by atoms with Crippen molar-refractivity contribution in [1.82, 2.24) is 0 Å². The molecule has 0 N–H and O–H groups in total. The van der Waals surface area contributed by atoms with Crippen LogP contribution >= 0.6 is 0 Å². The van der Waals surface area contributed by atoms with Crippen molar-refractivity contribution in [1.29, 1.82) is 0 Å². The molecule has 0 aromatic rings. The summed E-state index contributed by atoms with van der Waals surface area (Å²) in [6.07, 6.45) is 33.8. The molecule has 0 bridgehead atoms. The summed E-state index contributed by atoms with van der Waals surface area (Å²) >= 11 is 0. The molecule has 8 aliphatic carbocycles. The summed E-state index contributed by atoms with van der Waals surface area (Å²) in [6, 6.07) is 0. The molecular weight excluding hydrogens is 565 g/mol. The lowest BCUT2D eigenvalue weighted by molar-refractivity contribution is -0.0619. The second-order valence-corrected chi connectivity index (χ2v) is 21.2. The maximum atomic E-state index is 2.82. The molecule has 0 heterocycles. The van der Waals surface area contributed by atoms with Crippen LogP contribution in [-0.4, -0.2) is 0 Å². The fourth-order valence-corrected chi connectivity index (χ4v) is 17.0. The third-order valence-corrected chi connectivity index (χ3v) is 19.8. The van der Waals surface area contributed by atoms with Crippen molar-refractivity contribution in [3.8, 4) is 0 Å². The van der Waals surface area contributed by atoms with Crippen LogP contribution in [0.4, 0.5) is 0 Å². The standard InChI is InChI=1S/C47H76/c1-9-32-19-23-44(5)34(28-32)11-13-36-40-17-15-38(46(40,7)25-21-42(36)44)30(3)27-31(4)39-16-18-41-37-14-12-35-29-33(10-2)20-24-45(35,6)43(37)22-26-47(39,41)8/h11-12,30-33,36-43H,9-10,13-29H2,1-8H3/t30-,31-,32+,33+,36+,37+,38?,39?,40+,41+,42?,43?,44?,45?,46?,47?/m1/s1. The lowest BCUT2D eigenvalue weighted by atomic mass is 9.46. The van der Waals surface area contributed by atoms with Gasteiger partial charge < -0.3 is 0 Å². The highest BCUT2D eigenvalue weighted by atomic mass is 14.7. The Bertz CT molecular complexity index is 1140. The fraction of sp³-hybridized carbons (Fsp3) is 0.915. The van der Waals surface area contributed by atoms with Gasteiger partial charge in [-0.25, -0.2) is 0 Å². The van der Waals surface area contributed by atoms with E-state index < -0.39 is 0 Å². The molecule has 0 saturated heterocycles. The normalized spacial score (nSPS) is 53.3. The maximum Gasteiger partial charge on any atom is -0.00851 e. The minimum absolute atomic E-state index is 0.531. The largest absolute Gasteiger partial charge is 0.0845 e. The quantitative estimate of drug-likeness (QED) is 0.253. The highest BCUT2D eigenvalue weighted by Crippen LogP contribution is 2.70. The highest BCUT2D eigenvalue weighted by Gasteiger charge is 2.61. The smallest absolute Gasteiger partial charge is 0.00851 e. The van der Waals surface area contributed by atoms with Crippen LogP contribution in [0.2, 0.25) is 0 Å². The molecule has 0 amide bonds. The second-order valence-electron chi connectivity index (χ2n) is 21.2. The van der Waals surface area contributed by atoms with E-state index in [1.807, 2.05) is 11.1 Å². The molecule has 0 aliphatic heterocycles. The van der Waals surface area contributed by atoms with Crippen molar-refractivity contribution in [3.63, 3.8) is 0 Å². The summed E-state index contributed by atoms with van der Waals surface area (Å²) < 4.78 is 0. The molecule has 47 heavy (non-hydrogen) atoms. The first-order chi connectivity index (χ1) is 22.5. The molecule has 0 aromatic heterocycles. The highest BCUT2D eigenvalue weighted by molar-refractivity contribution is 5.26. The van der Waals surface area contributed by atoms with Crippen LogP contribution in [0.25, 0.3) is 0 Å². The van der Waals surface area contributed by atoms with Gasteiger partial charge in [0, 0.05) is 0 Å². The molecule has 8 aliphatic rings. The Kier molecular flexibility index (Phi) is 8.60. The van der Waals surface area contributed by atoms with Crippen LogP contribution in [0.3, 0.4) is 0 Å². The van der Waals surface area contributed by atoms with E-state index in [4.69, 9.17) is 0 Å². The van der Waals surface area contributed by atoms with Gasteiger partial charge in [0.25, 0.3) is 0 Å². The van der Waals surface area contributed by atoms with E-state index in [1.54, 1.807) is 0 Å². The van der Waals surface area contributed by atoms with E-state index in [1.165, 1.54) is 122 Å². The van der Waals surface area contributed by atoms with Gasteiger partial charge >= 0.3 is 0 Å². The predicted molar refractivity (Wildman–Crippen MR) is 201 cm³/mol. The van der Waals surface area contributed by atoms with Crippen molar-refractivity contribution >= 4 is 0 Å². The zero-order chi connectivity index (χ0) is 32.9. The fourth-order valence-electron chi connectivity index (χ4n) is 17.0. The van der Waals surface area contributed by atoms with E-state index in [0.29, 0.717) is 21.7 Å². The summed E-state index contributed by atoms with van der Waals surface area (Å²) in [5.74, 6) is 11.5. The third kappa shape index (κ3) is 4.97. The van der Waals surface area contributed by atoms with Crippen molar-refractivity contribution in [2.24, 2.45) is 92.7 Å². The molecule has 0 heteroatoms. The Hall–Kier alpha value is -0.520. The summed E-state index contributed by atoms with van der Waals surface area (Å²) in [7, 11) is 0. The molecule has 0 spiro atoms. The molecule has 0 aromatic carbocycles. The van der Waals surface area contributed by atoms with Crippen LogP contribution in [0.5, 0.6) is 0 Å². The number of fused-ring (bicyclic) bond motifs is 10. The number of hydrogen-bond donors (Lipinski definition) is 0. The first-order valence-corrected chi connectivity index (χ1v) is 21.8. The number of hydrogen-bond acceptors (Lipinski definition) is 0. The lowest BCUT2D eigenvalue weighted by Crippen LogP contribution is -2.51. The van der Waals surface area contributed by atoms with Crippen LogP contribution in [-0.2, 0) is 0 Å². The summed E-state index contributed by atoms with van der Waals surface area (Å²) in [5.41, 5.74) is 6.06. The third-order valence-electron chi connectivity index (χ3n) is 19.8. The maximum absolute atomic E-state index is 2.82. The molecule has 16 atom stereocenters. The van der Waals surface area contributed by atoms with E-state index in [9.17, 15) is 0 Å². The zero-order valence-electron chi connectivity index (χ0n) is 32.5. The lowest BCUT2D eigenvalue weighted by Gasteiger charge is -2.59. The van der Waals surface area contributed by atoms with Gasteiger partial charge in [0.1, 0.15) is 0 Å². The summed E-state index contributed by atoms with van der Waals surface area (Å²) in [5, 5.41) is 0. The molecule has 8 unspecified atom stereocenters. The van der Waals surface area contributed by atoms with Gasteiger partial charge in [0.15, 0.2) is 0 Å².